The Bertz CT molecular complexity index is 1200. The Morgan fingerprint density at radius 1 is 1.07 bits per heavy atom. The molecule has 2 heterocycles. The van der Waals surface area contributed by atoms with Crippen LogP contribution < -0.4 is 10.9 Å². The first kappa shape index (κ1) is 17.0. The number of hydrogen-bond donors (Lipinski definition) is 2. The van der Waals surface area contributed by atoms with Gasteiger partial charge in [0, 0.05) is 16.5 Å². The van der Waals surface area contributed by atoms with Gasteiger partial charge in [0.15, 0.2) is 5.69 Å². The van der Waals surface area contributed by atoms with Gasteiger partial charge >= 0.3 is 0 Å². The highest BCUT2D eigenvalue weighted by molar-refractivity contribution is 6.31. The fourth-order valence-electron chi connectivity index (χ4n) is 2.82. The average Bonchev–Trinajstić information content (AvgIpc) is 3.11. The van der Waals surface area contributed by atoms with Crippen molar-refractivity contribution in [1.82, 2.24) is 20.0 Å². The van der Waals surface area contributed by atoms with E-state index in [-0.39, 0.29) is 11.3 Å². The van der Waals surface area contributed by atoms with Crippen LogP contribution in [0.1, 0.15) is 16.1 Å². The van der Waals surface area contributed by atoms with Gasteiger partial charge in [0.2, 0.25) is 0 Å². The third-order valence-electron chi connectivity index (χ3n) is 4.15. The summed E-state index contributed by atoms with van der Waals surface area (Å²) in [7, 11) is 0. The molecule has 0 aliphatic rings. The molecule has 2 aromatic carbocycles. The van der Waals surface area contributed by atoms with Gasteiger partial charge < -0.3 is 5.32 Å². The third kappa shape index (κ3) is 3.32. The van der Waals surface area contributed by atoms with Crippen molar-refractivity contribution in [3.8, 4) is 0 Å². The fraction of sp³-hybridized carbons (Fsp3) is 0.0526. The lowest BCUT2D eigenvalue weighted by atomic mass is 10.1. The summed E-state index contributed by atoms with van der Waals surface area (Å²) >= 11 is 6.20. The van der Waals surface area contributed by atoms with E-state index in [4.69, 9.17) is 11.6 Å². The summed E-state index contributed by atoms with van der Waals surface area (Å²) in [5, 5.41) is 14.8. The molecule has 0 aliphatic heterocycles. The second kappa shape index (κ2) is 7.05. The van der Waals surface area contributed by atoms with Crippen molar-refractivity contribution in [2.45, 2.75) is 6.54 Å². The molecule has 0 radical (unpaired) electrons. The maximum absolute atomic E-state index is 12.7. The van der Waals surface area contributed by atoms with E-state index in [0.717, 1.165) is 5.56 Å². The van der Waals surface area contributed by atoms with Crippen molar-refractivity contribution < 1.29 is 4.79 Å². The van der Waals surface area contributed by atoms with E-state index in [1.54, 1.807) is 47.3 Å². The second-order valence-corrected chi connectivity index (χ2v) is 6.27. The SMILES string of the molecule is O=C(Nc1ccnn1Cc1ccccc1Cl)c1n[nH]c(=O)c2ccccc12. The molecule has 0 unspecified atom stereocenters. The van der Waals surface area contributed by atoms with E-state index in [9.17, 15) is 9.59 Å². The van der Waals surface area contributed by atoms with Crippen LogP contribution in [-0.2, 0) is 6.54 Å². The lowest BCUT2D eigenvalue weighted by Gasteiger charge is -2.10. The molecule has 2 aromatic heterocycles. The molecule has 1 amide bonds. The van der Waals surface area contributed by atoms with Gasteiger partial charge in [0.25, 0.3) is 11.5 Å². The minimum Gasteiger partial charge on any atom is -0.305 e. The molecular formula is C19H14ClN5O2. The smallest absolute Gasteiger partial charge is 0.277 e. The van der Waals surface area contributed by atoms with Crippen LogP contribution in [0.3, 0.4) is 0 Å². The predicted molar refractivity (Wildman–Crippen MR) is 103 cm³/mol. The number of H-pyrrole nitrogens is 1. The van der Waals surface area contributed by atoms with Crippen LogP contribution in [0, 0.1) is 0 Å². The van der Waals surface area contributed by atoms with Crippen LogP contribution in [0.5, 0.6) is 0 Å². The van der Waals surface area contributed by atoms with Crippen LogP contribution in [0.15, 0.2) is 65.6 Å². The van der Waals surface area contributed by atoms with Crippen molar-refractivity contribution in [3.63, 3.8) is 0 Å². The van der Waals surface area contributed by atoms with Crippen molar-refractivity contribution in [2.75, 3.05) is 5.32 Å². The normalized spacial score (nSPS) is 10.9. The predicted octanol–water partition coefficient (Wildman–Crippen LogP) is 3.07. The number of nitrogens with zero attached hydrogens (tertiary/aromatic N) is 3. The topological polar surface area (TPSA) is 92.7 Å². The quantitative estimate of drug-likeness (QED) is 0.570. The minimum absolute atomic E-state index is 0.135. The second-order valence-electron chi connectivity index (χ2n) is 5.87. The summed E-state index contributed by atoms with van der Waals surface area (Å²) in [4.78, 5) is 24.6. The molecule has 27 heavy (non-hydrogen) atoms. The largest absolute Gasteiger partial charge is 0.305 e. The molecule has 134 valence electrons. The van der Waals surface area contributed by atoms with E-state index < -0.39 is 5.91 Å². The summed E-state index contributed by atoms with van der Waals surface area (Å²) in [5.74, 6) is 0.0559. The van der Waals surface area contributed by atoms with Gasteiger partial charge in [-0.2, -0.15) is 10.2 Å². The van der Waals surface area contributed by atoms with Gasteiger partial charge in [-0.05, 0) is 17.7 Å². The Labute approximate surface area is 158 Å². The van der Waals surface area contributed by atoms with E-state index in [1.807, 2.05) is 18.2 Å². The third-order valence-corrected chi connectivity index (χ3v) is 4.52. The molecule has 0 atom stereocenters. The van der Waals surface area contributed by atoms with Gasteiger partial charge in [-0.15, -0.1) is 0 Å². The van der Waals surface area contributed by atoms with Crippen molar-refractivity contribution in [3.05, 3.63) is 87.4 Å². The molecule has 4 rings (SSSR count). The molecule has 4 aromatic rings. The zero-order chi connectivity index (χ0) is 18.8. The standard InChI is InChI=1S/C19H14ClN5O2/c20-15-8-4-1-5-12(15)11-25-16(9-10-21-25)22-19(27)17-13-6-2-3-7-14(13)18(26)24-23-17/h1-10H,11H2,(H,22,27)(H,24,26). The van der Waals surface area contributed by atoms with Gasteiger partial charge in [-0.1, -0.05) is 48.0 Å². The minimum atomic E-state index is -0.441. The summed E-state index contributed by atoms with van der Waals surface area (Å²) < 4.78 is 1.63. The first-order valence-electron chi connectivity index (χ1n) is 8.17. The molecule has 0 saturated carbocycles. The van der Waals surface area contributed by atoms with Crippen LogP contribution in [0.2, 0.25) is 5.02 Å². The summed E-state index contributed by atoms with van der Waals surface area (Å²) in [6, 6.07) is 15.9. The number of aromatic nitrogens is 4. The molecule has 0 bridgehead atoms. The molecule has 0 aliphatic carbocycles. The average molecular weight is 380 g/mol. The van der Waals surface area contributed by atoms with Crippen LogP contribution in [0.4, 0.5) is 5.82 Å². The van der Waals surface area contributed by atoms with Crippen molar-refractivity contribution >= 4 is 34.1 Å². The number of hydrogen-bond acceptors (Lipinski definition) is 4. The Kier molecular flexibility index (Phi) is 4.43. The van der Waals surface area contributed by atoms with E-state index in [2.05, 4.69) is 20.6 Å². The summed E-state index contributed by atoms with van der Waals surface area (Å²) in [6.07, 6.45) is 1.59. The number of nitrogens with one attached hydrogen (secondary N) is 2. The number of benzene rings is 2. The zero-order valence-electron chi connectivity index (χ0n) is 14.0. The number of fused-ring (bicyclic) bond motifs is 1. The maximum atomic E-state index is 12.7. The maximum Gasteiger partial charge on any atom is 0.277 e. The molecule has 7 nitrogen and oxygen atoms in total. The first-order chi connectivity index (χ1) is 13.1. The van der Waals surface area contributed by atoms with Crippen molar-refractivity contribution in [2.24, 2.45) is 0 Å². The van der Waals surface area contributed by atoms with E-state index >= 15 is 0 Å². The van der Waals surface area contributed by atoms with Gasteiger partial charge in [0.1, 0.15) is 5.82 Å². The van der Waals surface area contributed by atoms with E-state index in [1.165, 1.54) is 0 Å². The highest BCUT2D eigenvalue weighted by Crippen LogP contribution is 2.19. The van der Waals surface area contributed by atoms with Crippen molar-refractivity contribution in [1.29, 1.82) is 0 Å². The number of halogens is 1. The van der Waals surface area contributed by atoms with E-state index in [0.29, 0.717) is 28.2 Å². The molecular weight excluding hydrogens is 366 g/mol. The number of carbonyl (C=O) groups excluding carboxylic acids is 1. The number of anilines is 1. The van der Waals surface area contributed by atoms with Gasteiger partial charge in [0.05, 0.1) is 18.1 Å². The highest BCUT2D eigenvalue weighted by Gasteiger charge is 2.16. The molecule has 0 fully saturated rings. The molecule has 0 saturated heterocycles. The Morgan fingerprint density at radius 2 is 1.81 bits per heavy atom. The first-order valence-corrected chi connectivity index (χ1v) is 8.55. The molecule has 0 spiro atoms. The fourth-order valence-corrected chi connectivity index (χ4v) is 3.01. The molecule has 8 heteroatoms. The van der Waals surface area contributed by atoms with Crippen LogP contribution in [0.25, 0.3) is 10.8 Å². The lowest BCUT2D eigenvalue weighted by Crippen LogP contribution is -2.21. The Morgan fingerprint density at radius 3 is 2.63 bits per heavy atom. The Hall–Kier alpha value is -3.45. The number of carbonyl (C=O) groups is 1. The number of aromatic amines is 1. The zero-order valence-corrected chi connectivity index (χ0v) is 14.8. The molecule has 2 N–H and O–H groups in total. The highest BCUT2D eigenvalue weighted by atomic mass is 35.5. The monoisotopic (exact) mass is 379 g/mol. The van der Waals surface area contributed by atoms with Gasteiger partial charge in [-0.25, -0.2) is 9.78 Å². The number of rotatable bonds is 4. The lowest BCUT2D eigenvalue weighted by molar-refractivity contribution is 0.102. The summed E-state index contributed by atoms with van der Waals surface area (Å²) in [6.45, 7) is 0.405. The van der Waals surface area contributed by atoms with Crippen LogP contribution in [-0.4, -0.2) is 25.9 Å². The Balaban J connectivity index is 1.64. The van der Waals surface area contributed by atoms with Gasteiger partial charge in [-0.3, -0.25) is 9.59 Å². The summed E-state index contributed by atoms with van der Waals surface area (Å²) in [5.41, 5.74) is 0.674. The van der Waals surface area contributed by atoms with Crippen LogP contribution >= 0.6 is 11.6 Å². The number of amides is 1.